The molecule has 1 aromatic carbocycles. The molecule has 0 bridgehead atoms. The van der Waals surface area contributed by atoms with E-state index in [0.29, 0.717) is 10.5 Å². The van der Waals surface area contributed by atoms with E-state index in [2.05, 4.69) is 10.2 Å². The van der Waals surface area contributed by atoms with E-state index in [4.69, 9.17) is 12.2 Å². The second kappa shape index (κ2) is 5.64. The molecule has 126 valence electrons. The van der Waals surface area contributed by atoms with E-state index in [1.54, 1.807) is 15.9 Å². The van der Waals surface area contributed by atoms with Crippen molar-refractivity contribution in [1.29, 1.82) is 0 Å². The van der Waals surface area contributed by atoms with Crippen molar-refractivity contribution in [2.45, 2.75) is 32.1 Å². The van der Waals surface area contributed by atoms with Gasteiger partial charge in [0.05, 0.1) is 11.1 Å². The molecular formula is C18H16N4OS2. The number of para-hydroxylation sites is 1. The highest BCUT2D eigenvalue weighted by molar-refractivity contribution is 7.71. The number of aromatic nitrogens is 4. The Morgan fingerprint density at radius 1 is 1.12 bits per heavy atom. The first kappa shape index (κ1) is 15.0. The lowest BCUT2D eigenvalue weighted by atomic mass is 10.1. The lowest BCUT2D eigenvalue weighted by Gasteiger charge is -2.09. The van der Waals surface area contributed by atoms with Gasteiger partial charge in [0.25, 0.3) is 5.56 Å². The van der Waals surface area contributed by atoms with Crippen LogP contribution in [0.15, 0.2) is 35.1 Å². The topological polar surface area (TPSA) is 55.1 Å². The average molecular weight is 368 g/mol. The van der Waals surface area contributed by atoms with Gasteiger partial charge in [-0.2, -0.15) is 0 Å². The van der Waals surface area contributed by atoms with Crippen molar-refractivity contribution in [3.63, 3.8) is 0 Å². The van der Waals surface area contributed by atoms with Gasteiger partial charge in [-0.3, -0.25) is 4.79 Å². The molecule has 0 radical (unpaired) electrons. The zero-order valence-corrected chi connectivity index (χ0v) is 15.1. The number of nitrogens with zero attached hydrogens (tertiary/aromatic N) is 3. The van der Waals surface area contributed by atoms with Crippen LogP contribution in [0.3, 0.4) is 0 Å². The Hall–Kier alpha value is -2.25. The van der Waals surface area contributed by atoms with E-state index >= 15 is 0 Å². The summed E-state index contributed by atoms with van der Waals surface area (Å²) < 4.78 is 4.12. The molecule has 3 heterocycles. The van der Waals surface area contributed by atoms with Gasteiger partial charge in [0.15, 0.2) is 0 Å². The molecule has 4 aromatic rings. The summed E-state index contributed by atoms with van der Waals surface area (Å²) in [7, 11) is 0. The fraction of sp³-hybridized carbons (Fsp3) is 0.278. The van der Waals surface area contributed by atoms with Crippen molar-refractivity contribution < 1.29 is 0 Å². The van der Waals surface area contributed by atoms with Gasteiger partial charge in [-0.25, -0.2) is 14.1 Å². The molecule has 1 aliphatic rings. The zero-order valence-electron chi connectivity index (χ0n) is 13.5. The first-order chi connectivity index (χ1) is 12.3. The van der Waals surface area contributed by atoms with Crippen LogP contribution in [-0.2, 0) is 12.8 Å². The fourth-order valence-corrected chi connectivity index (χ4v) is 5.40. The number of H-pyrrole nitrogens is 1. The van der Waals surface area contributed by atoms with Crippen molar-refractivity contribution in [3.05, 3.63) is 55.9 Å². The molecule has 1 aliphatic carbocycles. The van der Waals surface area contributed by atoms with Crippen LogP contribution in [-0.4, -0.2) is 19.2 Å². The Morgan fingerprint density at radius 2 is 1.92 bits per heavy atom. The molecule has 25 heavy (non-hydrogen) atoms. The first-order valence-electron chi connectivity index (χ1n) is 8.47. The van der Waals surface area contributed by atoms with Gasteiger partial charge < -0.3 is 0 Å². The number of aromatic amines is 1. The van der Waals surface area contributed by atoms with Crippen molar-refractivity contribution in [2.75, 3.05) is 0 Å². The van der Waals surface area contributed by atoms with Crippen LogP contribution in [0.5, 0.6) is 0 Å². The minimum absolute atomic E-state index is 0.00194. The second-order valence-corrected chi connectivity index (χ2v) is 7.86. The maximum Gasteiger partial charge on any atom is 0.268 e. The highest BCUT2D eigenvalue weighted by atomic mass is 32.1. The Kier molecular flexibility index (Phi) is 3.39. The highest BCUT2D eigenvalue weighted by Crippen LogP contribution is 2.34. The van der Waals surface area contributed by atoms with Crippen molar-refractivity contribution in [3.8, 4) is 5.69 Å². The van der Waals surface area contributed by atoms with Gasteiger partial charge in [0.2, 0.25) is 10.5 Å². The van der Waals surface area contributed by atoms with E-state index < -0.39 is 0 Å². The van der Waals surface area contributed by atoms with Crippen LogP contribution in [0, 0.1) is 4.77 Å². The molecule has 5 nitrogen and oxygen atoms in total. The number of fused-ring (bicyclic) bond motifs is 5. The van der Waals surface area contributed by atoms with E-state index in [-0.39, 0.29) is 5.56 Å². The summed E-state index contributed by atoms with van der Waals surface area (Å²) in [5.74, 6) is 0.546. The Morgan fingerprint density at radius 3 is 2.76 bits per heavy atom. The van der Waals surface area contributed by atoms with Gasteiger partial charge in [-0.15, -0.1) is 16.4 Å². The number of nitrogens with one attached hydrogen (secondary N) is 1. The molecule has 3 aromatic heterocycles. The summed E-state index contributed by atoms with van der Waals surface area (Å²) in [6.07, 6.45) is 5.57. The van der Waals surface area contributed by atoms with Crippen LogP contribution in [0.1, 0.15) is 29.7 Å². The molecule has 5 rings (SSSR count). The van der Waals surface area contributed by atoms with Gasteiger partial charge in [0.1, 0.15) is 4.83 Å². The largest absolute Gasteiger partial charge is 0.268 e. The quantitative estimate of drug-likeness (QED) is 0.408. The third-order valence-electron chi connectivity index (χ3n) is 4.89. The number of thiophene rings is 1. The lowest BCUT2D eigenvalue weighted by Crippen LogP contribution is -2.21. The number of hydrogen-bond donors (Lipinski definition) is 1. The Labute approximate surface area is 152 Å². The highest BCUT2D eigenvalue weighted by Gasteiger charge is 2.23. The summed E-state index contributed by atoms with van der Waals surface area (Å²) in [6.45, 7) is 0. The monoisotopic (exact) mass is 368 g/mol. The second-order valence-electron chi connectivity index (χ2n) is 6.38. The van der Waals surface area contributed by atoms with E-state index in [1.807, 2.05) is 34.7 Å². The standard InChI is InChI=1S/C18H16N4OS2/c23-15-14-12-9-5-2-6-10-13(12)25-16(14)22-17(19-20-18(22)24)21(15)11-7-3-1-4-8-11/h1,3-4,7-8H,2,5-6,9-10H2,(H,20,24). The number of rotatable bonds is 1. The summed E-state index contributed by atoms with van der Waals surface area (Å²) in [5.41, 5.74) is 2.03. The maximum atomic E-state index is 13.5. The van der Waals surface area contributed by atoms with Crippen molar-refractivity contribution in [1.82, 2.24) is 19.2 Å². The summed E-state index contributed by atoms with van der Waals surface area (Å²) in [5, 5.41) is 8.02. The van der Waals surface area contributed by atoms with Crippen LogP contribution in [0.4, 0.5) is 0 Å². The molecule has 7 heteroatoms. The van der Waals surface area contributed by atoms with Gasteiger partial charge in [-0.1, -0.05) is 24.6 Å². The molecule has 0 saturated carbocycles. The third kappa shape index (κ3) is 2.15. The molecule has 0 saturated heterocycles. The normalized spacial score (nSPS) is 14.7. The number of benzene rings is 1. The predicted octanol–water partition coefficient (Wildman–Crippen LogP) is 4.03. The van der Waals surface area contributed by atoms with Crippen molar-refractivity contribution >= 4 is 39.5 Å². The predicted molar refractivity (Wildman–Crippen MR) is 103 cm³/mol. The SMILES string of the molecule is O=c1c2c3c(sc2n2c(=S)[nH]nc2n1-c1ccccc1)CCCCC3. The molecule has 0 unspecified atom stereocenters. The summed E-state index contributed by atoms with van der Waals surface area (Å²) >= 11 is 7.17. The van der Waals surface area contributed by atoms with Gasteiger partial charge >= 0.3 is 0 Å². The maximum absolute atomic E-state index is 13.5. The molecule has 0 spiro atoms. The first-order valence-corrected chi connectivity index (χ1v) is 9.70. The minimum atomic E-state index is 0.00194. The van der Waals surface area contributed by atoms with E-state index in [0.717, 1.165) is 35.2 Å². The van der Waals surface area contributed by atoms with E-state index in [9.17, 15) is 4.79 Å². The Bertz CT molecular complexity index is 1210. The molecule has 1 N–H and O–H groups in total. The minimum Gasteiger partial charge on any atom is -0.268 e. The van der Waals surface area contributed by atoms with Crippen LogP contribution in [0.2, 0.25) is 0 Å². The number of aryl methyl sites for hydroxylation is 2. The Balaban J connectivity index is 2.00. The molecule has 0 aliphatic heterocycles. The molecule has 0 atom stereocenters. The van der Waals surface area contributed by atoms with Crippen LogP contribution < -0.4 is 5.56 Å². The third-order valence-corrected chi connectivity index (χ3v) is 6.44. The van der Waals surface area contributed by atoms with Gasteiger partial charge in [0, 0.05) is 4.88 Å². The summed E-state index contributed by atoms with van der Waals surface area (Å²) in [4.78, 5) is 15.7. The molecule has 0 fully saturated rings. The molecular weight excluding hydrogens is 352 g/mol. The van der Waals surface area contributed by atoms with Crippen LogP contribution >= 0.6 is 23.6 Å². The zero-order chi connectivity index (χ0) is 17.0. The number of hydrogen-bond acceptors (Lipinski definition) is 4. The van der Waals surface area contributed by atoms with E-state index in [1.165, 1.54) is 23.3 Å². The average Bonchev–Trinajstić information content (AvgIpc) is 3.09. The smallest absolute Gasteiger partial charge is 0.268 e. The lowest BCUT2D eigenvalue weighted by molar-refractivity contribution is 0.713. The fourth-order valence-electron chi connectivity index (χ4n) is 3.74. The summed E-state index contributed by atoms with van der Waals surface area (Å²) in [6, 6.07) is 9.65. The van der Waals surface area contributed by atoms with Crippen LogP contribution in [0.25, 0.3) is 21.7 Å². The molecule has 0 amide bonds. The van der Waals surface area contributed by atoms with Gasteiger partial charge in [-0.05, 0) is 55.6 Å². The van der Waals surface area contributed by atoms with Crippen molar-refractivity contribution in [2.24, 2.45) is 0 Å².